The molecule has 2 unspecified atom stereocenters. The smallest absolute Gasteiger partial charge is 0.320 e. The fourth-order valence-electron chi connectivity index (χ4n) is 1.79. The molecule has 0 saturated heterocycles. The van der Waals surface area contributed by atoms with Crippen LogP contribution in [0.15, 0.2) is 24.3 Å². The van der Waals surface area contributed by atoms with Gasteiger partial charge in [0, 0.05) is 18.7 Å². The Morgan fingerprint density at radius 2 is 1.80 bits per heavy atom. The molecule has 5 nitrogen and oxygen atoms in total. The number of rotatable bonds is 7. The van der Waals surface area contributed by atoms with Crippen LogP contribution in [0.2, 0.25) is 0 Å². The first-order valence-corrected chi connectivity index (χ1v) is 6.26. The molecule has 6 heteroatoms. The molecule has 0 radical (unpaired) electrons. The Bertz CT molecular complexity index is 492. The van der Waals surface area contributed by atoms with Gasteiger partial charge in [0.05, 0.1) is 5.92 Å². The van der Waals surface area contributed by atoms with Crippen molar-refractivity contribution in [2.45, 2.75) is 26.4 Å². The Kier molecular flexibility index (Phi) is 5.64. The molecule has 0 aliphatic rings. The quantitative estimate of drug-likeness (QED) is 0.798. The first-order chi connectivity index (χ1) is 9.32. The minimum Gasteiger partial charge on any atom is -0.481 e. The van der Waals surface area contributed by atoms with E-state index in [4.69, 9.17) is 10.2 Å². The summed E-state index contributed by atoms with van der Waals surface area (Å²) in [5.74, 6) is -3.25. The number of carboxylic acids is 2. The molecule has 20 heavy (non-hydrogen) atoms. The van der Waals surface area contributed by atoms with Crippen molar-refractivity contribution < 1.29 is 24.2 Å². The zero-order valence-corrected chi connectivity index (χ0v) is 11.4. The van der Waals surface area contributed by atoms with Crippen molar-refractivity contribution in [3.8, 4) is 0 Å². The van der Waals surface area contributed by atoms with Crippen molar-refractivity contribution in [1.82, 2.24) is 4.90 Å². The van der Waals surface area contributed by atoms with Gasteiger partial charge in [0.25, 0.3) is 0 Å². The van der Waals surface area contributed by atoms with Crippen molar-refractivity contribution in [1.29, 1.82) is 0 Å². The maximum atomic E-state index is 13.6. The van der Waals surface area contributed by atoms with Gasteiger partial charge in [-0.25, -0.2) is 4.39 Å². The lowest BCUT2D eigenvalue weighted by atomic mass is 10.1. The van der Waals surface area contributed by atoms with E-state index in [1.54, 1.807) is 18.2 Å². The molecule has 0 amide bonds. The highest BCUT2D eigenvalue weighted by atomic mass is 19.1. The van der Waals surface area contributed by atoms with E-state index in [0.717, 1.165) is 0 Å². The van der Waals surface area contributed by atoms with E-state index in [2.05, 4.69) is 0 Å². The van der Waals surface area contributed by atoms with Crippen LogP contribution < -0.4 is 0 Å². The molecular weight excluding hydrogens is 265 g/mol. The summed E-state index contributed by atoms with van der Waals surface area (Å²) in [7, 11) is 0. The molecule has 1 rings (SSSR count). The van der Waals surface area contributed by atoms with Gasteiger partial charge in [-0.3, -0.25) is 14.5 Å². The maximum absolute atomic E-state index is 13.6. The second-order valence-corrected chi connectivity index (χ2v) is 4.77. The number of carboxylic acid groups (broad SMARTS) is 2. The monoisotopic (exact) mass is 283 g/mol. The summed E-state index contributed by atoms with van der Waals surface area (Å²) in [5.41, 5.74) is 0.346. The maximum Gasteiger partial charge on any atom is 0.320 e. The highest BCUT2D eigenvalue weighted by molar-refractivity contribution is 5.73. The third-order valence-electron chi connectivity index (χ3n) is 3.17. The number of aliphatic carboxylic acids is 2. The summed E-state index contributed by atoms with van der Waals surface area (Å²) in [6, 6.07) is 5.16. The number of nitrogens with zero attached hydrogens (tertiary/aromatic N) is 1. The van der Waals surface area contributed by atoms with Crippen LogP contribution in [0.1, 0.15) is 19.4 Å². The normalized spacial score (nSPS) is 14.0. The lowest BCUT2D eigenvalue weighted by Crippen LogP contribution is -2.42. The van der Waals surface area contributed by atoms with Gasteiger partial charge in [0.15, 0.2) is 0 Å². The van der Waals surface area contributed by atoms with Gasteiger partial charge < -0.3 is 10.2 Å². The Hall–Kier alpha value is -1.95. The van der Waals surface area contributed by atoms with Gasteiger partial charge in [-0.1, -0.05) is 25.1 Å². The largest absolute Gasteiger partial charge is 0.481 e. The predicted molar refractivity (Wildman–Crippen MR) is 70.7 cm³/mol. The lowest BCUT2D eigenvalue weighted by Gasteiger charge is -2.28. The SMILES string of the molecule is CC(CN(Cc1ccccc1F)C(C)C(=O)O)C(=O)O. The molecule has 1 aromatic carbocycles. The van der Waals surface area contributed by atoms with Crippen molar-refractivity contribution in [2.24, 2.45) is 5.92 Å². The van der Waals surface area contributed by atoms with Crippen LogP contribution in [0.5, 0.6) is 0 Å². The molecular formula is C14H18FNO4. The van der Waals surface area contributed by atoms with Gasteiger partial charge in [-0.15, -0.1) is 0 Å². The van der Waals surface area contributed by atoms with Crippen molar-refractivity contribution in [2.75, 3.05) is 6.54 Å². The zero-order chi connectivity index (χ0) is 15.3. The molecule has 110 valence electrons. The van der Waals surface area contributed by atoms with E-state index in [0.29, 0.717) is 5.56 Å². The molecule has 0 spiro atoms. The number of benzene rings is 1. The Balaban J connectivity index is 2.90. The van der Waals surface area contributed by atoms with Crippen LogP contribution in [0.4, 0.5) is 4.39 Å². The van der Waals surface area contributed by atoms with Crippen LogP contribution in [0.3, 0.4) is 0 Å². The number of carbonyl (C=O) groups is 2. The molecule has 0 saturated carbocycles. The molecule has 2 N–H and O–H groups in total. The van der Waals surface area contributed by atoms with E-state index in [1.165, 1.54) is 24.8 Å². The number of hydrogen-bond acceptors (Lipinski definition) is 3. The van der Waals surface area contributed by atoms with Gasteiger partial charge in [-0.2, -0.15) is 0 Å². The minimum atomic E-state index is -1.07. The molecule has 0 heterocycles. The molecule has 0 aliphatic heterocycles. The molecule has 0 aliphatic carbocycles. The average Bonchev–Trinajstić information content (AvgIpc) is 2.39. The first-order valence-electron chi connectivity index (χ1n) is 6.26. The summed E-state index contributed by atoms with van der Waals surface area (Å²) >= 11 is 0. The fraction of sp³-hybridized carbons (Fsp3) is 0.429. The summed E-state index contributed by atoms with van der Waals surface area (Å²) < 4.78 is 13.6. The van der Waals surface area contributed by atoms with E-state index < -0.39 is 29.7 Å². The van der Waals surface area contributed by atoms with Crippen LogP contribution in [-0.4, -0.2) is 39.6 Å². The molecule has 0 aromatic heterocycles. The van der Waals surface area contributed by atoms with Gasteiger partial charge in [0.1, 0.15) is 11.9 Å². The van der Waals surface area contributed by atoms with Crippen molar-refractivity contribution in [3.05, 3.63) is 35.6 Å². The molecule has 0 fully saturated rings. The minimum absolute atomic E-state index is 0.0388. The molecule has 1 aromatic rings. The van der Waals surface area contributed by atoms with Crippen molar-refractivity contribution in [3.63, 3.8) is 0 Å². The Labute approximate surface area is 116 Å². The van der Waals surface area contributed by atoms with Gasteiger partial charge in [0.2, 0.25) is 0 Å². The Morgan fingerprint density at radius 1 is 1.20 bits per heavy atom. The van der Waals surface area contributed by atoms with Crippen LogP contribution in [-0.2, 0) is 16.1 Å². The summed E-state index contributed by atoms with van der Waals surface area (Å²) in [4.78, 5) is 23.4. The van der Waals surface area contributed by atoms with E-state index in [-0.39, 0.29) is 13.1 Å². The number of hydrogen-bond donors (Lipinski definition) is 2. The van der Waals surface area contributed by atoms with E-state index in [9.17, 15) is 14.0 Å². The van der Waals surface area contributed by atoms with Gasteiger partial charge >= 0.3 is 11.9 Å². The lowest BCUT2D eigenvalue weighted by molar-refractivity contribution is -0.147. The standard InChI is InChI=1S/C14H18FNO4/c1-9(13(17)18)7-16(10(2)14(19)20)8-11-5-3-4-6-12(11)15/h3-6,9-10H,7-8H2,1-2H3,(H,17,18)(H,19,20). The summed E-state index contributed by atoms with van der Waals surface area (Å²) in [5, 5.41) is 18.0. The topological polar surface area (TPSA) is 77.8 Å². The van der Waals surface area contributed by atoms with E-state index in [1.807, 2.05) is 0 Å². The molecule has 0 bridgehead atoms. The fourth-order valence-corrected chi connectivity index (χ4v) is 1.79. The van der Waals surface area contributed by atoms with Crippen LogP contribution in [0, 0.1) is 11.7 Å². The van der Waals surface area contributed by atoms with Gasteiger partial charge in [-0.05, 0) is 13.0 Å². The highest BCUT2D eigenvalue weighted by Gasteiger charge is 2.25. The summed E-state index contributed by atoms with van der Waals surface area (Å²) in [6.45, 7) is 3.04. The number of halogens is 1. The summed E-state index contributed by atoms with van der Waals surface area (Å²) in [6.07, 6.45) is 0. The highest BCUT2D eigenvalue weighted by Crippen LogP contribution is 2.14. The average molecular weight is 283 g/mol. The van der Waals surface area contributed by atoms with E-state index >= 15 is 0 Å². The molecule has 2 atom stereocenters. The van der Waals surface area contributed by atoms with Crippen LogP contribution >= 0.6 is 0 Å². The zero-order valence-electron chi connectivity index (χ0n) is 11.4. The Morgan fingerprint density at radius 3 is 2.30 bits per heavy atom. The third kappa shape index (κ3) is 4.31. The first kappa shape index (κ1) is 16.1. The second kappa shape index (κ2) is 7.00. The van der Waals surface area contributed by atoms with Crippen LogP contribution in [0.25, 0.3) is 0 Å². The second-order valence-electron chi connectivity index (χ2n) is 4.77. The third-order valence-corrected chi connectivity index (χ3v) is 3.17. The van der Waals surface area contributed by atoms with Crippen molar-refractivity contribution >= 4 is 11.9 Å². The predicted octanol–water partition coefficient (Wildman–Crippen LogP) is 1.82.